The summed E-state index contributed by atoms with van der Waals surface area (Å²) in [6.45, 7) is 8.19. The van der Waals surface area contributed by atoms with Gasteiger partial charge >= 0.3 is 0 Å². The number of amides is 1. The van der Waals surface area contributed by atoms with E-state index in [1.54, 1.807) is 0 Å². The quantitative estimate of drug-likeness (QED) is 0.847. The minimum absolute atomic E-state index is 0.255. The number of hydrogen-bond donors (Lipinski definition) is 0. The fraction of sp³-hybridized carbons (Fsp3) is 0.474. The molecule has 1 fully saturated rings. The van der Waals surface area contributed by atoms with Gasteiger partial charge in [-0.1, -0.05) is 25.1 Å². The third kappa shape index (κ3) is 3.85. The van der Waals surface area contributed by atoms with Gasteiger partial charge in [-0.3, -0.25) is 9.69 Å². The maximum atomic E-state index is 12.5. The minimum atomic E-state index is 0.255. The number of piperazine rings is 1. The summed E-state index contributed by atoms with van der Waals surface area (Å²) in [5.74, 6) is 0.255. The number of aryl methyl sites for hydroxylation is 1. The van der Waals surface area contributed by atoms with E-state index in [0.717, 1.165) is 43.9 Å². The summed E-state index contributed by atoms with van der Waals surface area (Å²) in [6.07, 6.45) is 5.17. The third-order valence-electron chi connectivity index (χ3n) is 4.76. The van der Waals surface area contributed by atoms with E-state index in [0.29, 0.717) is 12.5 Å². The van der Waals surface area contributed by atoms with Crippen LogP contribution in [0.2, 0.25) is 0 Å². The zero-order valence-corrected chi connectivity index (χ0v) is 14.6. The predicted octanol–water partition coefficient (Wildman–Crippen LogP) is 2.36. The summed E-state index contributed by atoms with van der Waals surface area (Å²) in [4.78, 5) is 17.0. The minimum Gasteiger partial charge on any atom is -0.337 e. The molecule has 24 heavy (non-hydrogen) atoms. The molecular formula is C19H26N4O. The van der Waals surface area contributed by atoms with Crippen LogP contribution in [0.5, 0.6) is 0 Å². The Morgan fingerprint density at radius 3 is 2.75 bits per heavy atom. The van der Waals surface area contributed by atoms with Gasteiger partial charge in [0.15, 0.2) is 0 Å². The molecule has 3 rings (SSSR count). The molecule has 0 spiro atoms. The standard InChI is InChI=1S/C19H26N4O/c1-3-21-11-12-22(16(2)14-21)19(24)10-9-17-13-20-23(15-17)18-7-5-4-6-8-18/h4-8,13,15-16H,3,9-12,14H2,1-2H3/t16-/m0/s1. The lowest BCUT2D eigenvalue weighted by atomic mass is 10.1. The van der Waals surface area contributed by atoms with Crippen molar-refractivity contribution in [2.75, 3.05) is 26.2 Å². The van der Waals surface area contributed by atoms with Crippen molar-refractivity contribution in [3.8, 4) is 5.69 Å². The Bertz CT molecular complexity index is 667. The average molecular weight is 326 g/mol. The van der Waals surface area contributed by atoms with Crippen LogP contribution in [0.25, 0.3) is 5.69 Å². The summed E-state index contributed by atoms with van der Waals surface area (Å²) in [5.41, 5.74) is 2.14. The largest absolute Gasteiger partial charge is 0.337 e. The van der Waals surface area contributed by atoms with Crippen LogP contribution in [0, 0.1) is 0 Å². The van der Waals surface area contributed by atoms with Crippen LogP contribution in [0.15, 0.2) is 42.7 Å². The molecule has 5 nitrogen and oxygen atoms in total. The normalized spacial score (nSPS) is 18.8. The van der Waals surface area contributed by atoms with Crippen molar-refractivity contribution in [2.24, 2.45) is 0 Å². The molecule has 1 aliphatic heterocycles. The van der Waals surface area contributed by atoms with Gasteiger partial charge in [-0.05, 0) is 37.6 Å². The zero-order chi connectivity index (χ0) is 16.9. The highest BCUT2D eigenvalue weighted by molar-refractivity contribution is 5.77. The zero-order valence-electron chi connectivity index (χ0n) is 14.6. The Hall–Kier alpha value is -2.14. The lowest BCUT2D eigenvalue weighted by molar-refractivity contribution is -0.135. The Labute approximate surface area is 143 Å². The molecule has 1 amide bonds. The maximum Gasteiger partial charge on any atom is 0.223 e. The van der Waals surface area contributed by atoms with Gasteiger partial charge in [-0.2, -0.15) is 5.10 Å². The van der Waals surface area contributed by atoms with Crippen molar-refractivity contribution in [2.45, 2.75) is 32.7 Å². The van der Waals surface area contributed by atoms with Crippen molar-refractivity contribution in [1.82, 2.24) is 19.6 Å². The fourth-order valence-corrected chi connectivity index (χ4v) is 3.30. The molecule has 1 aromatic carbocycles. The van der Waals surface area contributed by atoms with Crippen molar-refractivity contribution < 1.29 is 4.79 Å². The molecule has 1 atom stereocenters. The molecule has 0 radical (unpaired) electrons. The number of hydrogen-bond acceptors (Lipinski definition) is 3. The molecule has 5 heteroatoms. The molecule has 0 aliphatic carbocycles. The number of para-hydroxylation sites is 1. The number of rotatable bonds is 5. The van der Waals surface area contributed by atoms with E-state index in [9.17, 15) is 4.79 Å². The smallest absolute Gasteiger partial charge is 0.223 e. The third-order valence-corrected chi connectivity index (χ3v) is 4.76. The Kier molecular flexibility index (Phi) is 5.30. The average Bonchev–Trinajstić information content (AvgIpc) is 3.09. The number of likely N-dealkylation sites (N-methyl/N-ethyl adjacent to an activating group) is 1. The van der Waals surface area contributed by atoms with Gasteiger partial charge in [0.2, 0.25) is 5.91 Å². The van der Waals surface area contributed by atoms with E-state index in [1.807, 2.05) is 52.3 Å². The maximum absolute atomic E-state index is 12.5. The molecule has 0 bridgehead atoms. The van der Waals surface area contributed by atoms with Crippen molar-refractivity contribution >= 4 is 5.91 Å². The van der Waals surface area contributed by atoms with Crippen LogP contribution < -0.4 is 0 Å². The van der Waals surface area contributed by atoms with Crippen molar-refractivity contribution in [3.63, 3.8) is 0 Å². The Morgan fingerprint density at radius 2 is 2.04 bits per heavy atom. The molecule has 2 aromatic rings. The molecule has 1 aromatic heterocycles. The van der Waals surface area contributed by atoms with Crippen LogP contribution in [0.3, 0.4) is 0 Å². The van der Waals surface area contributed by atoms with Gasteiger partial charge in [0, 0.05) is 38.3 Å². The first-order valence-corrected chi connectivity index (χ1v) is 8.78. The summed E-state index contributed by atoms with van der Waals surface area (Å²) in [5, 5.41) is 4.40. The first-order chi connectivity index (χ1) is 11.7. The van der Waals surface area contributed by atoms with Gasteiger partial charge in [0.25, 0.3) is 0 Å². The highest BCUT2D eigenvalue weighted by Gasteiger charge is 2.26. The van der Waals surface area contributed by atoms with Gasteiger partial charge < -0.3 is 4.90 Å². The lowest BCUT2D eigenvalue weighted by Gasteiger charge is -2.39. The van der Waals surface area contributed by atoms with Crippen LogP contribution in [-0.4, -0.2) is 57.7 Å². The number of benzene rings is 1. The van der Waals surface area contributed by atoms with Crippen molar-refractivity contribution in [3.05, 3.63) is 48.3 Å². The Morgan fingerprint density at radius 1 is 1.25 bits per heavy atom. The topological polar surface area (TPSA) is 41.4 Å². The van der Waals surface area contributed by atoms with Gasteiger partial charge in [-0.25, -0.2) is 4.68 Å². The molecule has 1 saturated heterocycles. The molecule has 0 saturated carbocycles. The predicted molar refractivity (Wildman–Crippen MR) is 95.2 cm³/mol. The van der Waals surface area contributed by atoms with E-state index in [1.165, 1.54) is 0 Å². The van der Waals surface area contributed by atoms with Gasteiger partial charge in [0.05, 0.1) is 11.9 Å². The SMILES string of the molecule is CCN1CCN(C(=O)CCc2cnn(-c3ccccc3)c2)[C@@H](C)C1. The van der Waals surface area contributed by atoms with Gasteiger partial charge in [0.1, 0.15) is 0 Å². The highest BCUT2D eigenvalue weighted by Crippen LogP contribution is 2.13. The summed E-state index contributed by atoms with van der Waals surface area (Å²) in [6, 6.07) is 10.3. The second-order valence-electron chi connectivity index (χ2n) is 6.46. The number of carbonyl (C=O) groups excluding carboxylic acids is 1. The van der Waals surface area contributed by atoms with E-state index in [2.05, 4.69) is 23.8 Å². The monoisotopic (exact) mass is 326 g/mol. The lowest BCUT2D eigenvalue weighted by Crippen LogP contribution is -2.53. The molecular weight excluding hydrogens is 300 g/mol. The van der Waals surface area contributed by atoms with E-state index in [-0.39, 0.29) is 5.91 Å². The molecule has 128 valence electrons. The second-order valence-corrected chi connectivity index (χ2v) is 6.46. The number of carbonyl (C=O) groups is 1. The molecule has 1 aliphatic rings. The highest BCUT2D eigenvalue weighted by atomic mass is 16.2. The second kappa shape index (κ2) is 7.62. The molecule has 2 heterocycles. The summed E-state index contributed by atoms with van der Waals surface area (Å²) < 4.78 is 1.86. The van der Waals surface area contributed by atoms with Crippen LogP contribution >= 0.6 is 0 Å². The molecule has 0 unspecified atom stereocenters. The van der Waals surface area contributed by atoms with E-state index >= 15 is 0 Å². The molecule has 0 N–H and O–H groups in total. The van der Waals surface area contributed by atoms with E-state index < -0.39 is 0 Å². The Balaban J connectivity index is 1.54. The van der Waals surface area contributed by atoms with Crippen molar-refractivity contribution in [1.29, 1.82) is 0 Å². The van der Waals surface area contributed by atoms with E-state index in [4.69, 9.17) is 0 Å². The first-order valence-electron chi connectivity index (χ1n) is 8.78. The first kappa shape index (κ1) is 16.7. The van der Waals surface area contributed by atoms with Crippen LogP contribution in [0.4, 0.5) is 0 Å². The summed E-state index contributed by atoms with van der Waals surface area (Å²) >= 11 is 0. The van der Waals surface area contributed by atoms with Gasteiger partial charge in [-0.15, -0.1) is 0 Å². The van der Waals surface area contributed by atoms with Crippen LogP contribution in [-0.2, 0) is 11.2 Å². The number of aromatic nitrogens is 2. The number of nitrogens with zero attached hydrogens (tertiary/aromatic N) is 4. The summed E-state index contributed by atoms with van der Waals surface area (Å²) in [7, 11) is 0. The fourth-order valence-electron chi connectivity index (χ4n) is 3.30. The van der Waals surface area contributed by atoms with Crippen LogP contribution in [0.1, 0.15) is 25.8 Å².